The van der Waals surface area contributed by atoms with Crippen LogP contribution in [0.25, 0.3) is 0 Å². The molecule has 0 amide bonds. The predicted molar refractivity (Wildman–Crippen MR) is 73.0 cm³/mol. The van der Waals surface area contributed by atoms with Crippen molar-refractivity contribution in [2.24, 2.45) is 5.92 Å². The molecule has 0 heterocycles. The topological polar surface area (TPSA) is 74.6 Å². The zero-order chi connectivity index (χ0) is 13.6. The molecule has 3 unspecified atom stereocenters. The molecular weight excluding hydrogens is 356 g/mol. The number of hydrogen-bond donors (Lipinski definition) is 2. The van der Waals surface area contributed by atoms with Gasteiger partial charge in [0.05, 0.1) is 0 Å². The quantitative estimate of drug-likeness (QED) is 0.640. The molecule has 0 bridgehead atoms. The van der Waals surface area contributed by atoms with Gasteiger partial charge in [0.25, 0.3) is 0 Å². The normalized spacial score (nSPS) is 18.1. The van der Waals surface area contributed by atoms with Crippen molar-refractivity contribution < 1.29 is 19.8 Å². The van der Waals surface area contributed by atoms with Crippen LogP contribution in [0.1, 0.15) is 39.5 Å². The molecule has 0 aliphatic rings. The van der Waals surface area contributed by atoms with E-state index in [-0.39, 0.29) is 5.92 Å². The fourth-order valence-corrected chi connectivity index (χ4v) is 2.66. The van der Waals surface area contributed by atoms with Crippen molar-refractivity contribution in [1.29, 1.82) is 0 Å². The van der Waals surface area contributed by atoms with Crippen molar-refractivity contribution in [2.45, 2.75) is 48.7 Å². The van der Waals surface area contributed by atoms with E-state index in [4.69, 9.17) is 5.11 Å². The van der Waals surface area contributed by atoms with Gasteiger partial charge in [0.1, 0.15) is 9.15 Å². The summed E-state index contributed by atoms with van der Waals surface area (Å²) < 4.78 is -0.951. The van der Waals surface area contributed by atoms with Crippen LogP contribution in [-0.4, -0.2) is 31.3 Å². The lowest BCUT2D eigenvalue weighted by molar-refractivity contribution is -0.141. The van der Waals surface area contributed by atoms with Crippen molar-refractivity contribution in [3.05, 3.63) is 0 Å². The zero-order valence-corrected chi connectivity index (χ0v) is 13.1. The number of hydrogen-bond acceptors (Lipinski definition) is 2. The Morgan fingerprint density at radius 3 is 2.06 bits per heavy atom. The number of carboxylic acid groups (broad SMARTS) is 2. The highest BCUT2D eigenvalue weighted by Crippen LogP contribution is 2.37. The van der Waals surface area contributed by atoms with Crippen LogP contribution in [0.5, 0.6) is 0 Å². The summed E-state index contributed by atoms with van der Waals surface area (Å²) in [7, 11) is 0. The smallest absolute Gasteiger partial charge is 0.320 e. The summed E-state index contributed by atoms with van der Waals surface area (Å²) >= 11 is 6.36. The van der Waals surface area contributed by atoms with Crippen LogP contribution in [0.4, 0.5) is 0 Å². The van der Waals surface area contributed by atoms with Crippen LogP contribution in [0.3, 0.4) is 0 Å². The molecule has 17 heavy (non-hydrogen) atoms. The number of rotatable bonds is 8. The predicted octanol–water partition coefficient (Wildman–Crippen LogP) is 3.27. The van der Waals surface area contributed by atoms with Crippen LogP contribution in [0.15, 0.2) is 0 Å². The Balaban J connectivity index is 4.61. The molecule has 0 spiro atoms. The van der Waals surface area contributed by atoms with Gasteiger partial charge in [-0.3, -0.25) is 9.59 Å². The number of carboxylic acids is 2. The molecule has 0 aliphatic carbocycles. The van der Waals surface area contributed by atoms with Gasteiger partial charge in [0.2, 0.25) is 0 Å². The Hall–Kier alpha value is -0.100. The monoisotopic (exact) mass is 372 g/mol. The van der Waals surface area contributed by atoms with Gasteiger partial charge >= 0.3 is 11.9 Å². The maximum atomic E-state index is 11.3. The first-order chi connectivity index (χ1) is 7.79. The number of aliphatic carboxylic acids is 2. The standard InChI is InChI=1S/C11H18Br2O4/c1-3-7(5-6-8(12)9(14)15)11(13,4-2)10(16)17/h7-8H,3-6H2,1-2H3,(H,14,15)(H,16,17). The molecule has 0 aromatic rings. The molecule has 2 N–H and O–H groups in total. The van der Waals surface area contributed by atoms with Crippen LogP contribution in [0, 0.1) is 5.92 Å². The summed E-state index contributed by atoms with van der Waals surface area (Å²) in [5, 5.41) is 18.0. The van der Waals surface area contributed by atoms with Gasteiger partial charge < -0.3 is 10.2 Å². The minimum Gasteiger partial charge on any atom is -0.480 e. The summed E-state index contributed by atoms with van der Waals surface area (Å²) in [5.41, 5.74) is 0. The number of halogens is 2. The first-order valence-corrected chi connectivity index (χ1v) is 7.29. The van der Waals surface area contributed by atoms with Gasteiger partial charge in [-0.25, -0.2) is 0 Å². The summed E-state index contributed by atoms with van der Waals surface area (Å²) in [6.07, 6.45) is 2.16. The van der Waals surface area contributed by atoms with Crippen LogP contribution < -0.4 is 0 Å². The van der Waals surface area contributed by atoms with Gasteiger partial charge in [0.15, 0.2) is 0 Å². The average molecular weight is 374 g/mol. The summed E-state index contributed by atoms with van der Waals surface area (Å²) in [5.74, 6) is -1.87. The average Bonchev–Trinajstić information content (AvgIpc) is 2.28. The molecule has 0 aromatic carbocycles. The minimum atomic E-state index is -0.951. The zero-order valence-electron chi connectivity index (χ0n) is 9.95. The molecular formula is C11H18Br2O4. The van der Waals surface area contributed by atoms with E-state index in [0.717, 1.165) is 0 Å². The Labute approximate surface area is 118 Å². The molecule has 0 radical (unpaired) electrons. The van der Waals surface area contributed by atoms with Gasteiger partial charge in [-0.1, -0.05) is 52.1 Å². The largest absolute Gasteiger partial charge is 0.480 e. The highest BCUT2D eigenvalue weighted by molar-refractivity contribution is 9.10. The van der Waals surface area contributed by atoms with Crippen molar-refractivity contribution in [1.82, 2.24) is 0 Å². The summed E-state index contributed by atoms with van der Waals surface area (Å²) in [4.78, 5) is 21.3. The molecule has 0 aliphatic heterocycles. The Kier molecular flexibility index (Phi) is 7.32. The lowest BCUT2D eigenvalue weighted by Gasteiger charge is -2.30. The van der Waals surface area contributed by atoms with Crippen LogP contribution in [-0.2, 0) is 9.59 Å². The minimum absolute atomic E-state index is 0.0793. The van der Waals surface area contributed by atoms with Gasteiger partial charge in [0, 0.05) is 0 Å². The van der Waals surface area contributed by atoms with Crippen LogP contribution >= 0.6 is 31.9 Å². The SMILES string of the molecule is CCC(CCC(Br)C(=O)O)C(Br)(CC)C(=O)O. The van der Waals surface area contributed by atoms with Gasteiger partial charge in [-0.05, 0) is 25.2 Å². The Morgan fingerprint density at radius 2 is 1.76 bits per heavy atom. The molecule has 0 saturated carbocycles. The molecule has 6 heteroatoms. The molecule has 3 atom stereocenters. The van der Waals surface area contributed by atoms with Crippen molar-refractivity contribution in [2.75, 3.05) is 0 Å². The van der Waals surface area contributed by atoms with Crippen molar-refractivity contribution in [3.63, 3.8) is 0 Å². The maximum Gasteiger partial charge on any atom is 0.320 e. The highest BCUT2D eigenvalue weighted by atomic mass is 79.9. The van der Waals surface area contributed by atoms with Gasteiger partial charge in [-0.15, -0.1) is 0 Å². The van der Waals surface area contributed by atoms with E-state index in [1.807, 2.05) is 13.8 Å². The van der Waals surface area contributed by atoms with E-state index >= 15 is 0 Å². The van der Waals surface area contributed by atoms with Crippen molar-refractivity contribution >= 4 is 43.8 Å². The summed E-state index contributed by atoms with van der Waals surface area (Å²) in [6, 6.07) is 0. The maximum absolute atomic E-state index is 11.3. The van der Waals surface area contributed by atoms with Crippen LogP contribution in [0.2, 0.25) is 0 Å². The van der Waals surface area contributed by atoms with E-state index in [0.29, 0.717) is 25.7 Å². The molecule has 0 saturated heterocycles. The third-order valence-corrected chi connectivity index (χ3v) is 5.44. The van der Waals surface area contributed by atoms with E-state index in [1.165, 1.54) is 0 Å². The van der Waals surface area contributed by atoms with Crippen molar-refractivity contribution in [3.8, 4) is 0 Å². The fraction of sp³-hybridized carbons (Fsp3) is 0.818. The first-order valence-electron chi connectivity index (χ1n) is 5.58. The number of carbonyl (C=O) groups is 2. The number of alkyl halides is 2. The highest BCUT2D eigenvalue weighted by Gasteiger charge is 2.41. The lowest BCUT2D eigenvalue weighted by Crippen LogP contribution is -2.39. The molecule has 100 valence electrons. The van der Waals surface area contributed by atoms with E-state index in [9.17, 15) is 14.7 Å². The third-order valence-electron chi connectivity index (χ3n) is 3.05. The summed E-state index contributed by atoms with van der Waals surface area (Å²) in [6.45, 7) is 3.73. The molecule has 0 fully saturated rings. The lowest BCUT2D eigenvalue weighted by atomic mass is 9.84. The molecule has 0 rings (SSSR count). The first kappa shape index (κ1) is 16.9. The second kappa shape index (κ2) is 7.36. The molecule has 4 nitrogen and oxygen atoms in total. The Bertz CT molecular complexity index is 283. The Morgan fingerprint density at radius 1 is 1.24 bits per heavy atom. The molecule has 0 aromatic heterocycles. The van der Waals surface area contributed by atoms with E-state index < -0.39 is 21.1 Å². The third kappa shape index (κ3) is 4.58. The second-order valence-corrected chi connectivity index (χ2v) is 6.53. The van der Waals surface area contributed by atoms with Gasteiger partial charge in [-0.2, -0.15) is 0 Å². The second-order valence-electron chi connectivity index (χ2n) is 4.01. The van der Waals surface area contributed by atoms with E-state index in [1.54, 1.807) is 0 Å². The van der Waals surface area contributed by atoms with E-state index in [2.05, 4.69) is 31.9 Å². The fourth-order valence-electron chi connectivity index (χ4n) is 1.84.